The van der Waals surface area contributed by atoms with Crippen LogP contribution in [0.3, 0.4) is 0 Å². The molecule has 1 fully saturated rings. The smallest absolute Gasteiger partial charge is 0.293 e. The molecule has 1 heterocycles. The summed E-state index contributed by atoms with van der Waals surface area (Å²) in [4.78, 5) is 27.0. The number of hydrogen-bond donors (Lipinski definition) is 1. The summed E-state index contributed by atoms with van der Waals surface area (Å²) < 4.78 is 1.65. The number of aromatic hydroxyl groups is 1. The first-order valence-corrected chi connectivity index (χ1v) is 11.3. The molecule has 0 aliphatic carbocycles. The number of carbonyl (C=O) groups is 2. The predicted molar refractivity (Wildman–Crippen MR) is 129 cm³/mol. The highest BCUT2D eigenvalue weighted by Gasteiger charge is 2.35. The molecule has 7 heteroatoms. The number of carbonyl (C=O) groups excluding carboxylic acids is 2. The van der Waals surface area contributed by atoms with Crippen LogP contribution in [-0.2, 0) is 11.3 Å². The van der Waals surface area contributed by atoms with Gasteiger partial charge in [0, 0.05) is 9.13 Å². The van der Waals surface area contributed by atoms with Crippen molar-refractivity contribution >= 4 is 84.9 Å². The molecule has 0 atom stereocenters. The van der Waals surface area contributed by atoms with Crippen molar-refractivity contribution in [2.45, 2.75) is 6.54 Å². The van der Waals surface area contributed by atoms with Gasteiger partial charge < -0.3 is 5.11 Å². The molecule has 140 valence electrons. The van der Waals surface area contributed by atoms with E-state index in [1.165, 1.54) is 4.90 Å². The third-order valence-electron chi connectivity index (χ3n) is 4.43. The van der Waals surface area contributed by atoms with Crippen LogP contribution in [0.2, 0.25) is 0 Å². The van der Waals surface area contributed by atoms with Crippen molar-refractivity contribution in [2.24, 2.45) is 0 Å². The average Bonchev–Trinajstić information content (AvgIpc) is 2.93. The van der Waals surface area contributed by atoms with E-state index in [-0.39, 0.29) is 23.4 Å². The zero-order valence-electron chi connectivity index (χ0n) is 14.4. The van der Waals surface area contributed by atoms with Gasteiger partial charge in [-0.15, -0.1) is 0 Å². The SMILES string of the molecule is O=C1S/C(=C\c2cc(I)cc(I)c2O)C(=O)N1Cc1cccc2ccccc12. The van der Waals surface area contributed by atoms with E-state index in [4.69, 9.17) is 0 Å². The first-order chi connectivity index (χ1) is 13.4. The van der Waals surface area contributed by atoms with Crippen molar-refractivity contribution in [1.82, 2.24) is 4.90 Å². The lowest BCUT2D eigenvalue weighted by Gasteiger charge is -2.14. The van der Waals surface area contributed by atoms with Gasteiger partial charge in [-0.1, -0.05) is 42.5 Å². The van der Waals surface area contributed by atoms with Crippen LogP contribution in [0.1, 0.15) is 11.1 Å². The average molecular weight is 613 g/mol. The molecule has 2 amide bonds. The van der Waals surface area contributed by atoms with Gasteiger partial charge in [0.05, 0.1) is 15.0 Å². The van der Waals surface area contributed by atoms with Crippen LogP contribution in [0.5, 0.6) is 5.75 Å². The monoisotopic (exact) mass is 613 g/mol. The molecule has 4 rings (SSSR count). The number of phenolic OH excluding ortho intramolecular Hbond substituents is 1. The number of rotatable bonds is 3. The molecular weight excluding hydrogens is 600 g/mol. The second kappa shape index (κ2) is 8.03. The van der Waals surface area contributed by atoms with Gasteiger partial charge >= 0.3 is 0 Å². The fourth-order valence-corrected chi connectivity index (χ4v) is 5.79. The molecule has 28 heavy (non-hydrogen) atoms. The van der Waals surface area contributed by atoms with Crippen molar-refractivity contribution in [1.29, 1.82) is 0 Å². The summed E-state index contributed by atoms with van der Waals surface area (Å²) in [5.74, 6) is -0.224. The summed E-state index contributed by atoms with van der Waals surface area (Å²) in [6.07, 6.45) is 1.59. The number of fused-ring (bicyclic) bond motifs is 1. The maximum absolute atomic E-state index is 12.9. The fraction of sp³-hybridized carbons (Fsp3) is 0.0476. The molecule has 0 radical (unpaired) electrons. The molecular formula is C21H13I2NO3S. The minimum Gasteiger partial charge on any atom is -0.506 e. The number of halogens is 2. The summed E-state index contributed by atoms with van der Waals surface area (Å²) in [5, 5.41) is 12.1. The van der Waals surface area contributed by atoms with E-state index in [0.29, 0.717) is 14.0 Å². The lowest BCUT2D eigenvalue weighted by molar-refractivity contribution is -0.123. The first kappa shape index (κ1) is 19.7. The number of nitrogens with zero attached hydrogens (tertiary/aromatic N) is 1. The van der Waals surface area contributed by atoms with E-state index in [0.717, 1.165) is 31.7 Å². The summed E-state index contributed by atoms with van der Waals surface area (Å²) in [7, 11) is 0. The summed E-state index contributed by atoms with van der Waals surface area (Å²) >= 11 is 5.11. The van der Waals surface area contributed by atoms with Crippen LogP contribution < -0.4 is 0 Å². The van der Waals surface area contributed by atoms with Crippen molar-refractivity contribution in [2.75, 3.05) is 0 Å². The van der Waals surface area contributed by atoms with Crippen LogP contribution in [0.15, 0.2) is 59.5 Å². The van der Waals surface area contributed by atoms with Crippen LogP contribution in [0.25, 0.3) is 16.8 Å². The minimum atomic E-state index is -0.337. The molecule has 1 aliphatic rings. The number of imide groups is 1. The number of benzene rings is 3. The van der Waals surface area contributed by atoms with Gasteiger partial charge in [0.15, 0.2) is 0 Å². The van der Waals surface area contributed by atoms with Crippen molar-refractivity contribution < 1.29 is 14.7 Å². The molecule has 1 aliphatic heterocycles. The van der Waals surface area contributed by atoms with E-state index in [1.807, 2.05) is 71.1 Å². The van der Waals surface area contributed by atoms with Crippen LogP contribution in [-0.4, -0.2) is 21.2 Å². The summed E-state index contributed by atoms with van der Waals surface area (Å²) in [5.41, 5.74) is 1.46. The molecule has 3 aromatic carbocycles. The van der Waals surface area contributed by atoms with Gasteiger partial charge in [-0.3, -0.25) is 14.5 Å². The van der Waals surface area contributed by atoms with Crippen LogP contribution in [0, 0.1) is 7.14 Å². The van der Waals surface area contributed by atoms with Crippen LogP contribution in [0.4, 0.5) is 4.79 Å². The van der Waals surface area contributed by atoms with Gasteiger partial charge in [-0.2, -0.15) is 0 Å². The second-order valence-electron chi connectivity index (χ2n) is 6.23. The third-order valence-corrected chi connectivity index (χ3v) is 6.78. The Morgan fingerprint density at radius 1 is 1.04 bits per heavy atom. The number of hydrogen-bond acceptors (Lipinski definition) is 4. The van der Waals surface area contributed by atoms with Gasteiger partial charge in [0.1, 0.15) is 5.75 Å². The molecule has 0 spiro atoms. The van der Waals surface area contributed by atoms with Gasteiger partial charge in [0.2, 0.25) is 0 Å². The van der Waals surface area contributed by atoms with Crippen LogP contribution >= 0.6 is 56.9 Å². The Labute approximate surface area is 193 Å². The molecule has 3 aromatic rings. The molecule has 0 saturated carbocycles. The normalized spacial score (nSPS) is 15.8. The van der Waals surface area contributed by atoms with Crippen molar-refractivity contribution in [3.8, 4) is 5.75 Å². The van der Waals surface area contributed by atoms with Crippen molar-refractivity contribution in [3.05, 3.63) is 77.8 Å². The molecule has 4 nitrogen and oxygen atoms in total. The van der Waals surface area contributed by atoms with Crippen molar-refractivity contribution in [3.63, 3.8) is 0 Å². The predicted octanol–water partition coefficient (Wildman–Crippen LogP) is 5.99. The lowest BCUT2D eigenvalue weighted by atomic mass is 10.0. The lowest BCUT2D eigenvalue weighted by Crippen LogP contribution is -2.27. The molecule has 1 saturated heterocycles. The van der Waals surface area contributed by atoms with Gasteiger partial charge in [-0.05, 0) is 91.5 Å². The Morgan fingerprint density at radius 3 is 2.61 bits per heavy atom. The Hall–Kier alpha value is -1.59. The minimum absolute atomic E-state index is 0.113. The zero-order chi connectivity index (χ0) is 19.8. The quantitative estimate of drug-likeness (QED) is 0.292. The van der Waals surface area contributed by atoms with E-state index in [1.54, 1.807) is 12.1 Å². The summed E-state index contributed by atoms with van der Waals surface area (Å²) in [6, 6.07) is 17.4. The standard InChI is InChI=1S/C21H13I2NO3S/c22-15-8-14(19(25)17(23)10-15)9-18-20(26)24(21(27)28-18)11-13-6-3-5-12-4-1-2-7-16(12)13/h1-10,25H,11H2/b18-9-. The van der Waals surface area contributed by atoms with E-state index in [9.17, 15) is 14.7 Å². The highest BCUT2D eigenvalue weighted by Crippen LogP contribution is 2.36. The Bertz CT molecular complexity index is 1150. The van der Waals surface area contributed by atoms with Gasteiger partial charge in [-0.25, -0.2) is 0 Å². The Balaban J connectivity index is 1.66. The Morgan fingerprint density at radius 2 is 1.79 bits per heavy atom. The Kier molecular flexibility index (Phi) is 5.66. The number of thioether (sulfide) groups is 1. The van der Waals surface area contributed by atoms with E-state index >= 15 is 0 Å². The maximum Gasteiger partial charge on any atom is 0.293 e. The zero-order valence-corrected chi connectivity index (χ0v) is 19.5. The molecule has 0 unspecified atom stereocenters. The maximum atomic E-state index is 12.9. The van der Waals surface area contributed by atoms with E-state index in [2.05, 4.69) is 22.6 Å². The largest absolute Gasteiger partial charge is 0.506 e. The molecule has 0 aromatic heterocycles. The highest BCUT2D eigenvalue weighted by molar-refractivity contribution is 14.1. The molecule has 0 bridgehead atoms. The first-order valence-electron chi connectivity index (χ1n) is 8.34. The molecule has 1 N–H and O–H groups in total. The summed E-state index contributed by atoms with van der Waals surface area (Å²) in [6.45, 7) is 0.221. The fourth-order valence-electron chi connectivity index (χ4n) is 3.07. The topological polar surface area (TPSA) is 57.6 Å². The number of phenols is 1. The van der Waals surface area contributed by atoms with E-state index < -0.39 is 0 Å². The number of amides is 2. The highest BCUT2D eigenvalue weighted by atomic mass is 127. The van der Waals surface area contributed by atoms with Gasteiger partial charge in [0.25, 0.3) is 11.1 Å². The second-order valence-corrected chi connectivity index (χ2v) is 9.63. The third kappa shape index (κ3) is 3.79.